The van der Waals surface area contributed by atoms with E-state index in [0.29, 0.717) is 0 Å². The highest BCUT2D eigenvalue weighted by Crippen LogP contribution is 2.29. The second kappa shape index (κ2) is 2.48. The molecule has 0 bridgehead atoms. The predicted octanol–water partition coefficient (Wildman–Crippen LogP) is 2.70. The lowest BCUT2D eigenvalue weighted by Crippen LogP contribution is -1.89. The summed E-state index contributed by atoms with van der Waals surface area (Å²) in [6.07, 6.45) is 0. The molecule has 0 aliphatic carbocycles. The molecule has 5 heteroatoms. The van der Waals surface area contributed by atoms with Gasteiger partial charge in [0.05, 0.1) is 0 Å². The van der Waals surface area contributed by atoms with E-state index < -0.39 is -0.00760 Å². The third kappa shape index (κ3) is 22.7. The fourth-order valence-corrected chi connectivity index (χ4v) is 0. The molecular formula is BFI3-. The van der Waals surface area contributed by atoms with Crippen LogP contribution >= 0.6 is 67.1 Å². The summed E-state index contributed by atoms with van der Waals surface area (Å²) in [4.78, 5) is 0. The summed E-state index contributed by atoms with van der Waals surface area (Å²) in [5.74, 6) is 0. The molecular weight excluding hydrogens is 411 g/mol. The molecule has 0 aliphatic heterocycles. The maximum atomic E-state index is 11.7. The van der Waals surface area contributed by atoms with Gasteiger partial charge < -0.3 is 4.32 Å². The number of hydrogen-bond acceptors (Lipinski definition) is 0. The minimum absolute atomic E-state index is 1.59. The van der Waals surface area contributed by atoms with Gasteiger partial charge in [-0.15, -0.1) is 0 Å². The van der Waals surface area contributed by atoms with Crippen molar-refractivity contribution in [3.63, 3.8) is 0 Å². The van der Waals surface area contributed by atoms with Crippen molar-refractivity contribution in [2.24, 2.45) is 0 Å². The molecule has 0 unspecified atom stereocenters. The van der Waals surface area contributed by atoms with Crippen LogP contribution in [0.4, 0.5) is 4.32 Å². The van der Waals surface area contributed by atoms with Gasteiger partial charge in [0, 0.05) is 0 Å². The lowest BCUT2D eigenvalue weighted by Gasteiger charge is -2.03. The van der Waals surface area contributed by atoms with E-state index >= 15 is 0 Å². The maximum Gasteiger partial charge on any atom is 0.325 e. The monoisotopic (exact) mass is 411 g/mol. The normalized spacial score (nSPS) is 12.0. The zero-order valence-electron chi connectivity index (χ0n) is 2.09. The summed E-state index contributed by atoms with van der Waals surface area (Å²) in [7, 11) is 0. The number of halogens is 4. The highest BCUT2D eigenvalue weighted by atomic mass is 127. The standard InChI is InChI=1S/BFI3/c2-1(3,4)5/q-1. The fourth-order valence-electron chi connectivity index (χ4n) is 0. The Bertz CT molecular complexity index is 22.4. The molecule has 0 rings (SSSR count). The topological polar surface area (TPSA) is 0 Å². The Labute approximate surface area is 70.2 Å². The Morgan fingerprint density at radius 1 is 1.20 bits per heavy atom. The van der Waals surface area contributed by atoms with Gasteiger partial charge in [-0.05, 0) is 0 Å². The lowest BCUT2D eigenvalue weighted by molar-refractivity contribution is 0.892. The molecule has 0 N–H and O–H groups in total. The third-order valence-electron chi connectivity index (χ3n) is 0. The van der Waals surface area contributed by atoms with E-state index in [9.17, 15) is 4.32 Å². The minimum atomic E-state index is -1.59. The molecule has 0 aliphatic rings. The van der Waals surface area contributed by atoms with Gasteiger partial charge >= 0.3 is -0.00760 Å². The van der Waals surface area contributed by atoms with Gasteiger partial charge in [0.1, 0.15) is 0 Å². The molecule has 0 heterocycles. The van der Waals surface area contributed by atoms with Crippen LogP contribution in [-0.4, -0.2) is -0.00760 Å². The Balaban J connectivity index is 3.02. The lowest BCUT2D eigenvalue weighted by atomic mass is 10.7. The van der Waals surface area contributed by atoms with E-state index in [0.717, 1.165) is 0 Å². The van der Waals surface area contributed by atoms with Crippen LogP contribution in [0, 0.1) is 0 Å². The first-order valence-corrected chi connectivity index (χ1v) is 4.61. The van der Waals surface area contributed by atoms with E-state index in [1.165, 1.54) is 0 Å². The van der Waals surface area contributed by atoms with E-state index in [2.05, 4.69) is 0 Å². The zero-order chi connectivity index (χ0) is 4.50. The van der Waals surface area contributed by atoms with Gasteiger partial charge in [0.15, 0.2) is 0 Å². The van der Waals surface area contributed by atoms with Crippen LogP contribution in [0.1, 0.15) is 0 Å². The highest BCUT2D eigenvalue weighted by Gasteiger charge is 2.03. The van der Waals surface area contributed by atoms with Crippen LogP contribution in [0.25, 0.3) is 0 Å². The third-order valence-corrected chi connectivity index (χ3v) is 0. The largest absolute Gasteiger partial charge is 0.478 e. The van der Waals surface area contributed by atoms with Crippen LogP contribution in [0.3, 0.4) is 0 Å². The van der Waals surface area contributed by atoms with Crippen LogP contribution < -0.4 is 0 Å². The molecule has 0 saturated heterocycles. The highest BCUT2D eigenvalue weighted by molar-refractivity contribution is 14.4. The summed E-state index contributed by atoms with van der Waals surface area (Å²) < 4.78 is 10.1. The molecule has 0 saturated carbocycles. The Hall–Kier alpha value is 2.18. The number of hydrogen-bond donors (Lipinski definition) is 0. The van der Waals surface area contributed by atoms with Gasteiger partial charge in [0.25, 0.3) is 0 Å². The van der Waals surface area contributed by atoms with E-state index in [1.807, 2.05) is 0 Å². The average Bonchev–Trinajstić information content (AvgIpc) is 0.722. The minimum Gasteiger partial charge on any atom is -0.478 e. The second-order valence-electron chi connectivity index (χ2n) is 0.495. The van der Waals surface area contributed by atoms with Gasteiger partial charge in [0.2, 0.25) is 0 Å². The maximum absolute atomic E-state index is 11.7. The summed E-state index contributed by atoms with van der Waals surface area (Å²) in [5.41, 5.74) is 0. The van der Waals surface area contributed by atoms with Crippen molar-refractivity contribution in [1.82, 2.24) is 0 Å². The molecule has 0 nitrogen and oxygen atoms in total. The van der Waals surface area contributed by atoms with Gasteiger partial charge in [-0.3, -0.25) is 67.1 Å². The zero-order valence-corrected chi connectivity index (χ0v) is 8.56. The van der Waals surface area contributed by atoms with Crippen molar-refractivity contribution in [2.75, 3.05) is 0 Å². The van der Waals surface area contributed by atoms with Crippen molar-refractivity contribution in [3.8, 4) is 0 Å². The van der Waals surface area contributed by atoms with Crippen molar-refractivity contribution in [1.29, 1.82) is 0 Å². The molecule has 0 aromatic rings. The van der Waals surface area contributed by atoms with E-state index in [1.54, 1.807) is 67.1 Å². The Morgan fingerprint density at radius 3 is 1.20 bits per heavy atom. The van der Waals surface area contributed by atoms with Gasteiger partial charge in [-0.2, -0.15) is 0 Å². The molecule has 0 radical (unpaired) electrons. The molecule has 5 heavy (non-hydrogen) atoms. The van der Waals surface area contributed by atoms with Crippen molar-refractivity contribution in [3.05, 3.63) is 0 Å². The molecule has 0 aromatic carbocycles. The number of rotatable bonds is 0. The first-order valence-electron chi connectivity index (χ1n) is 0.873. The van der Waals surface area contributed by atoms with E-state index in [4.69, 9.17) is 0 Å². The first-order chi connectivity index (χ1) is 2.00. The molecule has 0 aromatic heterocycles. The predicted molar refractivity (Wildman–Crippen MR) is 48.9 cm³/mol. The van der Waals surface area contributed by atoms with Gasteiger partial charge in [-0.25, -0.2) is 0 Å². The summed E-state index contributed by atoms with van der Waals surface area (Å²) in [6, 6.07) is 0. The summed E-state index contributed by atoms with van der Waals surface area (Å²) >= 11 is 5.24. The molecule has 0 fully saturated rings. The molecule has 0 atom stereocenters. The van der Waals surface area contributed by atoms with Crippen molar-refractivity contribution < 1.29 is 4.32 Å². The quantitative estimate of drug-likeness (QED) is 0.426. The van der Waals surface area contributed by atoms with Crippen molar-refractivity contribution in [2.45, 2.75) is 0 Å². The van der Waals surface area contributed by atoms with E-state index in [-0.39, 0.29) is 0 Å². The summed E-state index contributed by atoms with van der Waals surface area (Å²) in [6.45, 7) is 0. The van der Waals surface area contributed by atoms with Gasteiger partial charge in [-0.1, -0.05) is 0 Å². The van der Waals surface area contributed by atoms with Crippen LogP contribution in [0.2, 0.25) is 0 Å². The molecule has 0 spiro atoms. The van der Waals surface area contributed by atoms with Crippen LogP contribution in [0.15, 0.2) is 0 Å². The molecule has 0 amide bonds. The first kappa shape index (κ1) is 7.18. The SMILES string of the molecule is F[B-](I)(I)I. The average molecular weight is 411 g/mol. The smallest absolute Gasteiger partial charge is 0.325 e. The Kier molecular flexibility index (Phi) is 3.57. The Morgan fingerprint density at radius 2 is 1.20 bits per heavy atom. The second-order valence-corrected chi connectivity index (χ2v) is 12.8. The van der Waals surface area contributed by atoms with Crippen LogP contribution in [-0.2, 0) is 0 Å². The fraction of sp³-hybridized carbons (Fsp3) is 0. The van der Waals surface area contributed by atoms with Crippen LogP contribution in [0.5, 0.6) is 0 Å². The van der Waals surface area contributed by atoms with Crippen molar-refractivity contribution >= 4 is 67.1 Å². The summed E-state index contributed by atoms with van der Waals surface area (Å²) in [5, 5.41) is 0. The molecule has 32 valence electrons.